The van der Waals surface area contributed by atoms with Crippen LogP contribution in [0, 0.1) is 6.92 Å². The number of rotatable bonds is 4. The molecule has 2 N–H and O–H groups in total. The van der Waals surface area contributed by atoms with Crippen LogP contribution in [0.4, 0.5) is 5.82 Å². The van der Waals surface area contributed by atoms with Crippen molar-refractivity contribution in [2.24, 2.45) is 5.73 Å². The summed E-state index contributed by atoms with van der Waals surface area (Å²) >= 11 is 6.77. The van der Waals surface area contributed by atoms with Gasteiger partial charge < -0.3 is 10.6 Å². The highest BCUT2D eigenvalue weighted by Gasteiger charge is 2.35. The normalized spacial score (nSPS) is 19.5. The number of anilines is 1. The van der Waals surface area contributed by atoms with Crippen molar-refractivity contribution in [1.29, 1.82) is 0 Å². The Labute approximate surface area is 135 Å². The molecule has 0 amide bonds. The molecule has 0 aliphatic carbocycles. The Morgan fingerprint density at radius 3 is 2.95 bits per heavy atom. The molecule has 1 unspecified atom stereocenters. The summed E-state index contributed by atoms with van der Waals surface area (Å²) in [5.41, 5.74) is 7.41. The molecule has 8 heteroatoms. The third kappa shape index (κ3) is 3.32. The van der Waals surface area contributed by atoms with Crippen molar-refractivity contribution in [3.05, 3.63) is 23.4 Å². The second kappa shape index (κ2) is 6.50. The zero-order valence-corrected chi connectivity index (χ0v) is 14.5. The van der Waals surface area contributed by atoms with Gasteiger partial charge in [0.1, 0.15) is 16.2 Å². The van der Waals surface area contributed by atoms with Gasteiger partial charge in [0.05, 0.1) is 5.56 Å². The second-order valence-corrected chi connectivity index (χ2v) is 8.90. The van der Waals surface area contributed by atoms with Gasteiger partial charge in [-0.25, -0.2) is 13.4 Å². The van der Waals surface area contributed by atoms with Gasteiger partial charge in [-0.3, -0.25) is 0 Å². The average Bonchev–Trinajstić information content (AvgIpc) is 2.46. The zero-order valence-electron chi connectivity index (χ0n) is 12.1. The Balaban J connectivity index is 2.53. The largest absolute Gasteiger partial charge is 0.389 e. The maximum atomic E-state index is 12.4. The van der Waals surface area contributed by atoms with Crippen molar-refractivity contribution in [3.8, 4) is 0 Å². The van der Waals surface area contributed by atoms with Crippen LogP contribution in [0.3, 0.4) is 0 Å². The number of aryl methyl sites for hydroxylation is 1. The van der Waals surface area contributed by atoms with Crippen molar-refractivity contribution in [3.63, 3.8) is 0 Å². The van der Waals surface area contributed by atoms with Gasteiger partial charge in [0, 0.05) is 30.0 Å². The van der Waals surface area contributed by atoms with Crippen LogP contribution < -0.4 is 10.6 Å². The molecule has 2 heterocycles. The van der Waals surface area contributed by atoms with Crippen LogP contribution in [0.5, 0.6) is 0 Å². The number of hydrogen-bond acceptors (Lipinski definition) is 6. The maximum Gasteiger partial charge on any atom is 0.171 e. The van der Waals surface area contributed by atoms with Gasteiger partial charge in [0.2, 0.25) is 0 Å². The fourth-order valence-corrected chi connectivity index (χ4v) is 5.60. The van der Waals surface area contributed by atoms with Gasteiger partial charge in [-0.15, -0.1) is 0 Å². The van der Waals surface area contributed by atoms with Gasteiger partial charge >= 0.3 is 0 Å². The third-order valence-electron chi connectivity index (χ3n) is 3.56. The summed E-state index contributed by atoms with van der Waals surface area (Å²) in [4.78, 5) is 6.46. The Kier molecular flexibility index (Phi) is 5.11. The summed E-state index contributed by atoms with van der Waals surface area (Å²) in [7, 11) is -3.19. The van der Waals surface area contributed by atoms with E-state index in [2.05, 4.69) is 4.98 Å². The van der Waals surface area contributed by atoms with Gasteiger partial charge in [-0.2, -0.15) is 11.8 Å². The quantitative estimate of drug-likeness (QED) is 0.825. The Morgan fingerprint density at radius 1 is 1.62 bits per heavy atom. The van der Waals surface area contributed by atoms with Crippen LogP contribution in [0.1, 0.15) is 18.1 Å². The van der Waals surface area contributed by atoms with E-state index in [1.807, 2.05) is 17.9 Å². The Morgan fingerprint density at radius 2 is 2.33 bits per heavy atom. The van der Waals surface area contributed by atoms with E-state index in [1.54, 1.807) is 24.9 Å². The predicted molar refractivity (Wildman–Crippen MR) is 92.8 cm³/mol. The summed E-state index contributed by atoms with van der Waals surface area (Å²) in [5.74, 6) is 2.11. The Hall–Kier alpha value is -0.860. The third-order valence-corrected chi connectivity index (χ3v) is 7.05. The molecule has 0 aromatic carbocycles. The van der Waals surface area contributed by atoms with E-state index < -0.39 is 15.2 Å². The van der Waals surface area contributed by atoms with Crippen LogP contribution in [0.25, 0.3) is 0 Å². The topological polar surface area (TPSA) is 76.3 Å². The molecule has 0 bridgehead atoms. The first-order valence-corrected chi connectivity index (χ1v) is 9.97. The number of nitrogens with zero attached hydrogens (tertiary/aromatic N) is 2. The first-order chi connectivity index (χ1) is 9.88. The van der Waals surface area contributed by atoms with E-state index in [1.165, 1.54) is 0 Å². The fourth-order valence-electron chi connectivity index (χ4n) is 2.38. The van der Waals surface area contributed by atoms with Crippen LogP contribution in [-0.2, 0) is 9.84 Å². The monoisotopic (exact) mass is 345 g/mol. The van der Waals surface area contributed by atoms with E-state index in [0.29, 0.717) is 23.7 Å². The number of thioether (sulfide) groups is 1. The molecule has 2 rings (SSSR count). The van der Waals surface area contributed by atoms with Crippen molar-refractivity contribution in [2.45, 2.75) is 19.2 Å². The average molecular weight is 346 g/mol. The van der Waals surface area contributed by atoms with E-state index >= 15 is 0 Å². The minimum absolute atomic E-state index is 0.114. The van der Waals surface area contributed by atoms with Crippen LogP contribution in [0.15, 0.2) is 12.3 Å². The summed E-state index contributed by atoms with van der Waals surface area (Å²) in [5, 5.41) is -0.566. The standard InChI is InChI=1S/C13H19N3O2S3/c1-3-21(17,18)10-8-20-7-6-16(10)13-11(12(14)19)9(2)4-5-15-13/h4-5,10H,3,6-8H2,1-2H3,(H2,14,19). The molecule has 1 aromatic heterocycles. The number of aromatic nitrogens is 1. The molecule has 116 valence electrons. The summed E-state index contributed by atoms with van der Waals surface area (Å²) in [6.45, 7) is 4.20. The lowest BCUT2D eigenvalue weighted by Crippen LogP contribution is -2.49. The van der Waals surface area contributed by atoms with Gasteiger partial charge in [0.15, 0.2) is 9.84 Å². The van der Waals surface area contributed by atoms with Gasteiger partial charge in [-0.1, -0.05) is 19.1 Å². The van der Waals surface area contributed by atoms with Crippen LogP contribution in [0.2, 0.25) is 0 Å². The second-order valence-electron chi connectivity index (χ2n) is 4.87. The molecule has 1 fully saturated rings. The maximum absolute atomic E-state index is 12.4. The first-order valence-electron chi connectivity index (χ1n) is 6.70. The van der Waals surface area contributed by atoms with Crippen LogP contribution >= 0.6 is 24.0 Å². The molecule has 1 atom stereocenters. The number of pyridine rings is 1. The van der Waals surface area contributed by atoms with E-state index in [9.17, 15) is 8.42 Å². The highest BCUT2D eigenvalue weighted by molar-refractivity contribution is 8.01. The summed E-state index contributed by atoms with van der Waals surface area (Å²) in [6, 6.07) is 1.83. The predicted octanol–water partition coefficient (Wildman–Crippen LogP) is 1.34. The zero-order chi connectivity index (χ0) is 15.6. The summed E-state index contributed by atoms with van der Waals surface area (Å²) in [6.07, 6.45) is 1.67. The van der Waals surface area contributed by atoms with Crippen LogP contribution in [-0.4, -0.2) is 47.6 Å². The number of thiocarbonyl (C=S) groups is 1. The molecular weight excluding hydrogens is 326 g/mol. The summed E-state index contributed by atoms with van der Waals surface area (Å²) < 4.78 is 24.7. The molecule has 1 saturated heterocycles. The van der Waals surface area contributed by atoms with Crippen molar-refractivity contribution in [1.82, 2.24) is 4.98 Å². The van der Waals surface area contributed by atoms with Crippen molar-refractivity contribution < 1.29 is 8.42 Å². The van der Waals surface area contributed by atoms with Crippen molar-refractivity contribution in [2.75, 3.05) is 28.7 Å². The minimum atomic E-state index is -3.19. The molecule has 5 nitrogen and oxygen atoms in total. The smallest absolute Gasteiger partial charge is 0.171 e. The van der Waals surface area contributed by atoms with E-state index in [4.69, 9.17) is 18.0 Å². The lowest BCUT2D eigenvalue weighted by atomic mass is 10.1. The molecular formula is C13H19N3O2S3. The minimum Gasteiger partial charge on any atom is -0.389 e. The highest BCUT2D eigenvalue weighted by atomic mass is 32.2. The molecule has 21 heavy (non-hydrogen) atoms. The lowest BCUT2D eigenvalue weighted by Gasteiger charge is -2.36. The number of hydrogen-bond donors (Lipinski definition) is 1. The SMILES string of the molecule is CCS(=O)(=O)C1CSCCN1c1nccc(C)c1C(N)=S. The molecule has 1 aliphatic rings. The van der Waals surface area contributed by atoms with E-state index in [-0.39, 0.29) is 10.7 Å². The van der Waals surface area contributed by atoms with E-state index in [0.717, 1.165) is 11.3 Å². The van der Waals surface area contributed by atoms with Crippen molar-refractivity contribution >= 4 is 44.6 Å². The van der Waals surface area contributed by atoms with Gasteiger partial charge in [-0.05, 0) is 18.6 Å². The molecule has 0 spiro atoms. The van der Waals surface area contributed by atoms with Gasteiger partial charge in [0.25, 0.3) is 0 Å². The lowest BCUT2D eigenvalue weighted by molar-refractivity contribution is 0.579. The molecule has 1 aliphatic heterocycles. The molecule has 0 saturated carbocycles. The number of nitrogens with two attached hydrogens (primary N) is 1. The highest BCUT2D eigenvalue weighted by Crippen LogP contribution is 2.29. The first kappa shape index (κ1) is 16.5. The Bertz CT molecular complexity index is 646. The number of sulfone groups is 1. The molecule has 1 aromatic rings. The fraction of sp³-hybridized carbons (Fsp3) is 0.538. The molecule has 0 radical (unpaired) electrons.